The monoisotopic (exact) mass is 209 g/mol. The number of rotatable bonds is 5. The van der Waals surface area contributed by atoms with Gasteiger partial charge in [-0.1, -0.05) is 0 Å². The average Bonchev–Trinajstić information content (AvgIpc) is 1.91. The second kappa shape index (κ2) is 4.34. The predicted octanol–water partition coefficient (Wildman–Crippen LogP) is -1.90. The van der Waals surface area contributed by atoms with E-state index in [1.165, 1.54) is 4.31 Å². The summed E-state index contributed by atoms with van der Waals surface area (Å²) >= 11 is 0. The molecule has 78 valence electrons. The van der Waals surface area contributed by atoms with Gasteiger partial charge in [0.25, 0.3) is 10.2 Å². The summed E-state index contributed by atoms with van der Waals surface area (Å²) in [5, 5.41) is 4.90. The third-order valence-corrected chi connectivity index (χ3v) is 2.92. The average molecular weight is 209 g/mol. The van der Waals surface area contributed by atoms with Crippen LogP contribution in [-0.4, -0.2) is 45.6 Å². The number of hydrogen-bond donors (Lipinski definition) is 2. The lowest BCUT2D eigenvalue weighted by molar-refractivity contribution is 0.0546. The summed E-state index contributed by atoms with van der Waals surface area (Å²) in [6.45, 7) is 2.49. The maximum absolute atomic E-state index is 10.7. The van der Waals surface area contributed by atoms with Crippen molar-refractivity contribution < 1.29 is 13.2 Å². The minimum atomic E-state index is -3.48. The second-order valence-corrected chi connectivity index (χ2v) is 4.64. The van der Waals surface area contributed by atoms with Crippen LogP contribution in [0.5, 0.6) is 0 Å². The Kier molecular flexibility index (Phi) is 3.63. The fraction of sp³-hybridized carbons (Fsp3) is 1.00. The molecule has 4 N–H and O–H groups in total. The second-order valence-electron chi connectivity index (χ2n) is 3.09. The first-order valence-corrected chi connectivity index (χ1v) is 5.60. The zero-order chi connectivity index (χ0) is 9.90. The Bertz CT molecular complexity index is 248. The number of ether oxygens (including phenoxy) is 1. The highest BCUT2D eigenvalue weighted by Crippen LogP contribution is 2.17. The molecule has 0 radical (unpaired) electrons. The lowest BCUT2D eigenvalue weighted by atomic mass is 10.1. The minimum absolute atomic E-state index is 0.268. The molecule has 0 spiro atoms. The highest BCUT2D eigenvalue weighted by Gasteiger charge is 2.33. The van der Waals surface area contributed by atoms with E-state index in [0.29, 0.717) is 32.8 Å². The molecule has 6 nitrogen and oxygen atoms in total. The zero-order valence-corrected chi connectivity index (χ0v) is 8.16. The Labute approximate surface area is 78.0 Å². The maximum atomic E-state index is 10.7. The van der Waals surface area contributed by atoms with E-state index in [0.717, 1.165) is 0 Å². The molecule has 1 fully saturated rings. The zero-order valence-electron chi connectivity index (χ0n) is 7.35. The topological polar surface area (TPSA) is 98.7 Å². The van der Waals surface area contributed by atoms with Crippen LogP contribution in [0.3, 0.4) is 0 Å². The Balaban J connectivity index is 2.12. The Morgan fingerprint density at radius 3 is 2.54 bits per heavy atom. The highest BCUT2D eigenvalue weighted by atomic mass is 32.2. The van der Waals surface area contributed by atoms with Crippen molar-refractivity contribution in [3.05, 3.63) is 0 Å². The van der Waals surface area contributed by atoms with Crippen LogP contribution in [0.25, 0.3) is 0 Å². The summed E-state index contributed by atoms with van der Waals surface area (Å²) in [6, 6.07) is 0. The molecule has 0 aromatic rings. The molecule has 1 rings (SSSR count). The molecule has 0 aromatic carbocycles. The van der Waals surface area contributed by atoms with E-state index in [1.54, 1.807) is 0 Å². The van der Waals surface area contributed by atoms with Gasteiger partial charge in [-0.25, -0.2) is 5.14 Å². The maximum Gasteiger partial charge on any atom is 0.276 e. The SMILES string of the molecule is NCCOCC1CN(S(N)(=O)=O)C1. The quantitative estimate of drug-likeness (QED) is 0.516. The minimum Gasteiger partial charge on any atom is -0.380 e. The molecule has 1 aliphatic rings. The molecule has 13 heavy (non-hydrogen) atoms. The molecular weight excluding hydrogens is 194 g/mol. The van der Waals surface area contributed by atoms with Crippen molar-refractivity contribution in [2.24, 2.45) is 16.8 Å². The molecule has 0 unspecified atom stereocenters. The van der Waals surface area contributed by atoms with Crippen molar-refractivity contribution >= 4 is 10.2 Å². The van der Waals surface area contributed by atoms with E-state index in [4.69, 9.17) is 15.6 Å². The third kappa shape index (κ3) is 3.20. The number of nitrogens with two attached hydrogens (primary N) is 2. The first-order valence-electron chi connectivity index (χ1n) is 4.09. The van der Waals surface area contributed by atoms with Crippen LogP contribution in [0.1, 0.15) is 0 Å². The highest BCUT2D eigenvalue weighted by molar-refractivity contribution is 7.86. The standard InChI is InChI=1S/C6H15N3O3S/c7-1-2-12-5-6-3-9(4-6)13(8,10)11/h6H,1-5,7H2,(H2,8,10,11). The lowest BCUT2D eigenvalue weighted by Gasteiger charge is -2.36. The van der Waals surface area contributed by atoms with Gasteiger partial charge in [-0.3, -0.25) is 0 Å². The lowest BCUT2D eigenvalue weighted by Crippen LogP contribution is -2.53. The molecule has 0 atom stereocenters. The van der Waals surface area contributed by atoms with Gasteiger partial charge in [0.15, 0.2) is 0 Å². The van der Waals surface area contributed by atoms with Gasteiger partial charge >= 0.3 is 0 Å². The molecule has 0 amide bonds. The molecule has 1 saturated heterocycles. The summed E-state index contributed by atoms with van der Waals surface area (Å²) in [5.74, 6) is 0.268. The number of hydrogen-bond acceptors (Lipinski definition) is 4. The van der Waals surface area contributed by atoms with Crippen LogP contribution >= 0.6 is 0 Å². The van der Waals surface area contributed by atoms with E-state index < -0.39 is 10.2 Å². The van der Waals surface area contributed by atoms with Crippen LogP contribution in [0.15, 0.2) is 0 Å². The van der Waals surface area contributed by atoms with Gasteiger partial charge in [-0.15, -0.1) is 0 Å². The summed E-state index contributed by atoms with van der Waals surface area (Å²) in [5.41, 5.74) is 5.22. The van der Waals surface area contributed by atoms with Crippen molar-refractivity contribution in [1.29, 1.82) is 0 Å². The van der Waals surface area contributed by atoms with Crippen LogP contribution < -0.4 is 10.9 Å². The van der Waals surface area contributed by atoms with Crippen molar-refractivity contribution in [2.45, 2.75) is 0 Å². The van der Waals surface area contributed by atoms with Gasteiger partial charge < -0.3 is 10.5 Å². The van der Waals surface area contributed by atoms with E-state index in [2.05, 4.69) is 0 Å². The first-order chi connectivity index (χ1) is 6.04. The van der Waals surface area contributed by atoms with E-state index >= 15 is 0 Å². The van der Waals surface area contributed by atoms with Crippen LogP contribution in [-0.2, 0) is 14.9 Å². The first kappa shape index (κ1) is 10.9. The third-order valence-electron chi connectivity index (χ3n) is 1.90. The summed E-state index contributed by atoms with van der Waals surface area (Å²) < 4.78 is 27.8. The van der Waals surface area contributed by atoms with Crippen molar-refractivity contribution in [3.63, 3.8) is 0 Å². The van der Waals surface area contributed by atoms with Crippen molar-refractivity contribution in [2.75, 3.05) is 32.8 Å². The van der Waals surface area contributed by atoms with Crippen LogP contribution in [0.4, 0.5) is 0 Å². The predicted molar refractivity (Wildman–Crippen MR) is 48.0 cm³/mol. The van der Waals surface area contributed by atoms with Crippen LogP contribution in [0.2, 0.25) is 0 Å². The Hall–Kier alpha value is -0.210. The molecule has 0 aliphatic carbocycles. The molecule has 0 saturated carbocycles. The van der Waals surface area contributed by atoms with Crippen molar-refractivity contribution in [3.8, 4) is 0 Å². The van der Waals surface area contributed by atoms with E-state index in [-0.39, 0.29) is 5.92 Å². The van der Waals surface area contributed by atoms with Gasteiger partial charge in [0, 0.05) is 25.6 Å². The fourth-order valence-corrected chi connectivity index (χ4v) is 2.01. The Morgan fingerprint density at radius 1 is 1.46 bits per heavy atom. The van der Waals surface area contributed by atoms with Gasteiger partial charge in [0.05, 0.1) is 13.2 Å². The number of nitrogens with zero attached hydrogens (tertiary/aromatic N) is 1. The molecule has 0 bridgehead atoms. The molecule has 1 aliphatic heterocycles. The summed E-state index contributed by atoms with van der Waals surface area (Å²) in [7, 11) is -3.48. The smallest absolute Gasteiger partial charge is 0.276 e. The molecule has 1 heterocycles. The van der Waals surface area contributed by atoms with Gasteiger partial charge in [0.1, 0.15) is 0 Å². The Morgan fingerprint density at radius 2 is 2.08 bits per heavy atom. The summed E-state index contributed by atoms with van der Waals surface area (Å²) in [4.78, 5) is 0. The molecular formula is C6H15N3O3S. The summed E-state index contributed by atoms with van der Waals surface area (Å²) in [6.07, 6.45) is 0. The fourth-order valence-electron chi connectivity index (χ4n) is 1.17. The normalized spacial score (nSPS) is 20.2. The van der Waals surface area contributed by atoms with E-state index in [1.807, 2.05) is 0 Å². The van der Waals surface area contributed by atoms with Crippen molar-refractivity contribution in [1.82, 2.24) is 4.31 Å². The van der Waals surface area contributed by atoms with Gasteiger partial charge in [-0.05, 0) is 0 Å². The van der Waals surface area contributed by atoms with Gasteiger partial charge in [-0.2, -0.15) is 12.7 Å². The van der Waals surface area contributed by atoms with Crippen LogP contribution in [0, 0.1) is 5.92 Å². The van der Waals surface area contributed by atoms with Gasteiger partial charge in [0.2, 0.25) is 0 Å². The molecule has 7 heteroatoms. The molecule has 0 aromatic heterocycles. The van der Waals surface area contributed by atoms with E-state index in [9.17, 15) is 8.42 Å². The largest absolute Gasteiger partial charge is 0.380 e.